The van der Waals surface area contributed by atoms with Gasteiger partial charge in [-0.15, -0.1) is 11.3 Å². The van der Waals surface area contributed by atoms with E-state index in [-0.39, 0.29) is 12.0 Å². The number of carbonyl (C=O) groups is 1. The van der Waals surface area contributed by atoms with Crippen molar-refractivity contribution in [2.45, 2.75) is 12.5 Å². The minimum atomic E-state index is -0.0445. The van der Waals surface area contributed by atoms with Gasteiger partial charge in [0.25, 0.3) is 5.91 Å². The molecule has 27 heavy (non-hydrogen) atoms. The number of nitrogens with zero attached hydrogens (tertiary/aromatic N) is 3. The molecule has 5 rings (SSSR count). The fourth-order valence-electron chi connectivity index (χ4n) is 3.39. The second-order valence-electron chi connectivity index (χ2n) is 6.61. The van der Waals surface area contributed by atoms with Crippen molar-refractivity contribution in [3.8, 4) is 5.88 Å². The van der Waals surface area contributed by atoms with Crippen LogP contribution in [-0.2, 0) is 0 Å². The molecule has 0 spiro atoms. The monoisotopic (exact) mass is 375 g/mol. The Balaban J connectivity index is 1.29. The highest BCUT2D eigenvalue weighted by molar-refractivity contribution is 7.20. The number of benzene rings is 2. The molecule has 1 aliphatic rings. The zero-order valence-corrected chi connectivity index (χ0v) is 15.4. The summed E-state index contributed by atoms with van der Waals surface area (Å²) in [6.07, 6.45) is 0.752. The SMILES string of the molecule is O=C(c1nc2ccccc2s1)N1CCC(Oc2ccc3ccccc3n2)C1. The van der Waals surface area contributed by atoms with Gasteiger partial charge < -0.3 is 9.64 Å². The Bertz CT molecular complexity index is 1110. The number of pyridine rings is 1. The molecule has 1 atom stereocenters. The minimum absolute atomic E-state index is 0.0197. The molecule has 0 N–H and O–H groups in total. The minimum Gasteiger partial charge on any atom is -0.472 e. The van der Waals surface area contributed by atoms with Crippen LogP contribution < -0.4 is 4.74 Å². The van der Waals surface area contributed by atoms with Crippen molar-refractivity contribution < 1.29 is 9.53 Å². The van der Waals surface area contributed by atoms with Crippen LogP contribution in [0.5, 0.6) is 5.88 Å². The maximum absolute atomic E-state index is 12.8. The molecule has 1 fully saturated rings. The van der Waals surface area contributed by atoms with Gasteiger partial charge in [-0.05, 0) is 24.3 Å². The average Bonchev–Trinajstić information content (AvgIpc) is 3.34. The number of rotatable bonds is 3. The molecule has 134 valence electrons. The van der Waals surface area contributed by atoms with E-state index in [0.717, 1.165) is 27.5 Å². The maximum atomic E-state index is 12.8. The van der Waals surface area contributed by atoms with Crippen LogP contribution in [0.4, 0.5) is 0 Å². The summed E-state index contributed by atoms with van der Waals surface area (Å²) < 4.78 is 7.07. The van der Waals surface area contributed by atoms with E-state index in [1.165, 1.54) is 11.3 Å². The van der Waals surface area contributed by atoms with Gasteiger partial charge in [0.2, 0.25) is 5.88 Å². The van der Waals surface area contributed by atoms with Gasteiger partial charge in [-0.1, -0.05) is 30.3 Å². The lowest BCUT2D eigenvalue weighted by molar-refractivity contribution is 0.0771. The third kappa shape index (κ3) is 3.13. The Labute approximate surface area is 160 Å². The summed E-state index contributed by atoms with van der Waals surface area (Å²) in [5, 5.41) is 1.63. The van der Waals surface area contributed by atoms with Crippen molar-refractivity contribution in [3.05, 3.63) is 65.7 Å². The largest absolute Gasteiger partial charge is 0.472 e. The molecule has 0 bridgehead atoms. The van der Waals surface area contributed by atoms with E-state index >= 15 is 0 Å². The van der Waals surface area contributed by atoms with E-state index in [1.807, 2.05) is 65.6 Å². The Morgan fingerprint density at radius 1 is 1.00 bits per heavy atom. The molecule has 1 amide bonds. The molecule has 3 heterocycles. The zero-order chi connectivity index (χ0) is 18.2. The predicted molar refractivity (Wildman–Crippen MR) is 106 cm³/mol. The zero-order valence-electron chi connectivity index (χ0n) is 14.5. The van der Waals surface area contributed by atoms with Gasteiger partial charge in [0.05, 0.1) is 22.3 Å². The van der Waals surface area contributed by atoms with Crippen molar-refractivity contribution in [1.29, 1.82) is 0 Å². The molecule has 1 aliphatic heterocycles. The number of aromatic nitrogens is 2. The summed E-state index contributed by atoms with van der Waals surface area (Å²) in [5.74, 6) is 0.585. The lowest BCUT2D eigenvalue weighted by atomic mass is 10.2. The third-order valence-corrected chi connectivity index (χ3v) is 5.79. The Hall–Kier alpha value is -2.99. The molecule has 1 saturated heterocycles. The molecular formula is C21H17N3O2S. The normalized spacial score (nSPS) is 16.9. The van der Waals surface area contributed by atoms with Crippen molar-refractivity contribution in [2.24, 2.45) is 0 Å². The van der Waals surface area contributed by atoms with Crippen LogP contribution in [0.25, 0.3) is 21.1 Å². The van der Waals surface area contributed by atoms with E-state index in [9.17, 15) is 4.79 Å². The fourth-order valence-corrected chi connectivity index (χ4v) is 4.33. The molecule has 0 saturated carbocycles. The first kappa shape index (κ1) is 16.2. The summed E-state index contributed by atoms with van der Waals surface area (Å²) in [7, 11) is 0. The highest BCUT2D eigenvalue weighted by Gasteiger charge is 2.30. The van der Waals surface area contributed by atoms with E-state index in [4.69, 9.17) is 4.74 Å². The first-order valence-corrected chi connectivity index (χ1v) is 9.75. The molecule has 4 aromatic rings. The number of thiazole rings is 1. The van der Waals surface area contributed by atoms with Gasteiger partial charge in [0.15, 0.2) is 5.01 Å². The number of amides is 1. The van der Waals surface area contributed by atoms with Crippen molar-refractivity contribution >= 4 is 38.4 Å². The third-order valence-electron chi connectivity index (χ3n) is 4.77. The molecule has 0 aliphatic carbocycles. The Morgan fingerprint density at radius 2 is 1.81 bits per heavy atom. The highest BCUT2D eigenvalue weighted by atomic mass is 32.1. The van der Waals surface area contributed by atoms with E-state index < -0.39 is 0 Å². The number of para-hydroxylation sites is 2. The topological polar surface area (TPSA) is 55.3 Å². The molecule has 2 aromatic carbocycles. The van der Waals surface area contributed by atoms with Crippen molar-refractivity contribution in [1.82, 2.24) is 14.9 Å². The van der Waals surface area contributed by atoms with Gasteiger partial charge >= 0.3 is 0 Å². The van der Waals surface area contributed by atoms with E-state index in [1.54, 1.807) is 0 Å². The predicted octanol–water partition coefficient (Wildman–Crippen LogP) is 4.14. The van der Waals surface area contributed by atoms with Crippen LogP contribution in [0.1, 0.15) is 16.2 Å². The highest BCUT2D eigenvalue weighted by Crippen LogP contribution is 2.25. The van der Waals surface area contributed by atoms with Gasteiger partial charge in [-0.2, -0.15) is 0 Å². The number of fused-ring (bicyclic) bond motifs is 2. The van der Waals surface area contributed by atoms with Crippen LogP contribution in [0.2, 0.25) is 0 Å². The number of hydrogen-bond acceptors (Lipinski definition) is 5. The van der Waals surface area contributed by atoms with Crippen LogP contribution >= 0.6 is 11.3 Å². The van der Waals surface area contributed by atoms with Gasteiger partial charge in [0.1, 0.15) is 6.10 Å². The van der Waals surface area contributed by atoms with Crippen molar-refractivity contribution in [2.75, 3.05) is 13.1 Å². The van der Waals surface area contributed by atoms with Crippen LogP contribution in [-0.4, -0.2) is 40.0 Å². The number of hydrogen-bond donors (Lipinski definition) is 0. The summed E-state index contributed by atoms with van der Waals surface area (Å²) >= 11 is 1.44. The Morgan fingerprint density at radius 3 is 2.70 bits per heavy atom. The maximum Gasteiger partial charge on any atom is 0.283 e. The average molecular weight is 375 g/mol. The smallest absolute Gasteiger partial charge is 0.283 e. The lowest BCUT2D eigenvalue weighted by Gasteiger charge is -2.16. The lowest BCUT2D eigenvalue weighted by Crippen LogP contribution is -2.30. The van der Waals surface area contributed by atoms with E-state index in [0.29, 0.717) is 24.0 Å². The quantitative estimate of drug-likeness (QED) is 0.540. The fraction of sp³-hybridized carbons (Fsp3) is 0.190. The van der Waals surface area contributed by atoms with Crippen LogP contribution in [0.3, 0.4) is 0 Å². The van der Waals surface area contributed by atoms with Crippen LogP contribution in [0.15, 0.2) is 60.7 Å². The van der Waals surface area contributed by atoms with Crippen molar-refractivity contribution in [3.63, 3.8) is 0 Å². The van der Waals surface area contributed by atoms with Crippen LogP contribution in [0, 0.1) is 0 Å². The molecule has 2 aromatic heterocycles. The molecule has 6 heteroatoms. The molecule has 5 nitrogen and oxygen atoms in total. The summed E-state index contributed by atoms with van der Waals surface area (Å²) in [6.45, 7) is 1.23. The molecule has 1 unspecified atom stereocenters. The molecular weight excluding hydrogens is 358 g/mol. The number of carbonyl (C=O) groups excluding carboxylic acids is 1. The number of ether oxygens (including phenoxy) is 1. The second-order valence-corrected chi connectivity index (χ2v) is 7.64. The summed E-state index contributed by atoms with van der Waals surface area (Å²) in [4.78, 5) is 23.6. The first-order chi connectivity index (χ1) is 13.3. The first-order valence-electron chi connectivity index (χ1n) is 8.93. The van der Waals surface area contributed by atoms with Gasteiger partial charge in [-0.25, -0.2) is 9.97 Å². The summed E-state index contributed by atoms with van der Waals surface area (Å²) in [5.41, 5.74) is 1.79. The van der Waals surface area contributed by atoms with Gasteiger partial charge in [-0.3, -0.25) is 4.79 Å². The standard InChI is InChI=1S/C21H17N3O2S/c25-21(20-23-17-7-3-4-8-18(17)27-20)24-12-11-15(13-24)26-19-10-9-14-5-1-2-6-16(14)22-19/h1-10,15H,11-13H2. The second kappa shape index (κ2) is 6.63. The van der Waals surface area contributed by atoms with Gasteiger partial charge in [0, 0.05) is 24.4 Å². The molecule has 0 radical (unpaired) electrons. The Kier molecular flexibility index (Phi) is 3.98. The number of likely N-dealkylation sites (tertiary alicyclic amines) is 1. The summed E-state index contributed by atoms with van der Waals surface area (Å²) in [6, 6.07) is 19.7. The van der Waals surface area contributed by atoms with E-state index in [2.05, 4.69) is 9.97 Å².